The topological polar surface area (TPSA) is 38.3 Å². The van der Waals surface area contributed by atoms with Gasteiger partial charge in [0.15, 0.2) is 6.04 Å². The minimum absolute atomic E-state index is 0.166. The van der Waals surface area contributed by atoms with Crippen molar-refractivity contribution < 1.29 is 18.3 Å². The fraction of sp³-hybridized carbons (Fsp3) is 0.458. The highest BCUT2D eigenvalue weighted by molar-refractivity contribution is 5.81. The van der Waals surface area contributed by atoms with Crippen LogP contribution in [0.2, 0.25) is 0 Å². The van der Waals surface area contributed by atoms with E-state index in [0.29, 0.717) is 17.2 Å². The Balaban J connectivity index is 2.24. The van der Waals surface area contributed by atoms with Crippen LogP contribution in [0.25, 0.3) is 0 Å². The lowest BCUT2D eigenvalue weighted by molar-refractivity contribution is -0.153. The van der Waals surface area contributed by atoms with Gasteiger partial charge in [-0.3, -0.25) is 0 Å². The van der Waals surface area contributed by atoms with Crippen LogP contribution in [0.5, 0.6) is 0 Å². The minimum Gasteiger partial charge on any atom is -0.460 e. The molecule has 1 unspecified atom stereocenters. The summed E-state index contributed by atoms with van der Waals surface area (Å²) in [7, 11) is 0. The van der Waals surface area contributed by atoms with Gasteiger partial charge >= 0.3 is 5.97 Å². The van der Waals surface area contributed by atoms with Gasteiger partial charge in [0.25, 0.3) is 0 Å². The van der Waals surface area contributed by atoms with Gasteiger partial charge in [-0.1, -0.05) is 45.7 Å². The maximum absolute atomic E-state index is 13.4. The molecule has 0 fully saturated rings. The highest BCUT2D eigenvalue weighted by atomic mass is 19.1. The van der Waals surface area contributed by atoms with Gasteiger partial charge in [-0.15, -0.1) is 0 Å². The standard InChI is InChI=1S/C24H31F2NO2/c1-4-7-17(8-5-2)22(6-3)29-24(28)23(18-9-11-19(25)12-10-18)27-21-15-13-20(26)14-16-21/h9-17,22-23,27H,4-8H2,1-3H3/t22-,23?/m0/s1. The van der Waals surface area contributed by atoms with Gasteiger partial charge in [-0.25, -0.2) is 13.6 Å². The second-order valence-corrected chi connectivity index (χ2v) is 7.36. The second-order valence-electron chi connectivity index (χ2n) is 7.36. The number of anilines is 1. The molecule has 29 heavy (non-hydrogen) atoms. The van der Waals surface area contributed by atoms with Gasteiger partial charge in [0, 0.05) is 5.69 Å². The zero-order valence-electron chi connectivity index (χ0n) is 17.5. The van der Waals surface area contributed by atoms with Crippen LogP contribution in [0.15, 0.2) is 48.5 Å². The van der Waals surface area contributed by atoms with E-state index in [1.54, 1.807) is 24.3 Å². The Morgan fingerprint density at radius 2 is 1.41 bits per heavy atom. The molecule has 0 aliphatic carbocycles. The van der Waals surface area contributed by atoms with Crippen molar-refractivity contribution in [1.29, 1.82) is 0 Å². The van der Waals surface area contributed by atoms with Crippen LogP contribution >= 0.6 is 0 Å². The lowest BCUT2D eigenvalue weighted by atomic mass is 9.91. The van der Waals surface area contributed by atoms with Crippen molar-refractivity contribution >= 4 is 11.7 Å². The van der Waals surface area contributed by atoms with Crippen molar-refractivity contribution in [3.8, 4) is 0 Å². The summed E-state index contributed by atoms with van der Waals surface area (Å²) in [5.41, 5.74) is 1.18. The van der Waals surface area contributed by atoms with Crippen LogP contribution in [0.1, 0.15) is 64.5 Å². The molecule has 3 nitrogen and oxygen atoms in total. The molecule has 0 aliphatic rings. The molecule has 0 saturated carbocycles. The van der Waals surface area contributed by atoms with E-state index in [2.05, 4.69) is 19.2 Å². The average molecular weight is 404 g/mol. The molecule has 0 saturated heterocycles. The van der Waals surface area contributed by atoms with E-state index >= 15 is 0 Å². The summed E-state index contributed by atoms with van der Waals surface area (Å²) in [4.78, 5) is 13.1. The number of halogens is 2. The second kappa shape index (κ2) is 11.5. The third-order valence-electron chi connectivity index (χ3n) is 5.11. The van der Waals surface area contributed by atoms with Gasteiger partial charge in [-0.05, 0) is 67.1 Å². The molecule has 2 aromatic carbocycles. The molecular weight excluding hydrogens is 372 g/mol. The monoisotopic (exact) mass is 403 g/mol. The third kappa shape index (κ3) is 6.84. The normalized spacial score (nSPS) is 13.2. The molecule has 0 aromatic heterocycles. The fourth-order valence-electron chi connectivity index (χ4n) is 3.63. The van der Waals surface area contributed by atoms with E-state index < -0.39 is 12.0 Å². The van der Waals surface area contributed by atoms with Gasteiger partial charge in [0.1, 0.15) is 17.7 Å². The maximum atomic E-state index is 13.4. The summed E-state index contributed by atoms with van der Waals surface area (Å²) in [6.07, 6.45) is 4.66. The lowest BCUT2D eigenvalue weighted by Gasteiger charge is -2.28. The van der Waals surface area contributed by atoms with Gasteiger partial charge < -0.3 is 10.1 Å². The molecule has 1 N–H and O–H groups in total. The minimum atomic E-state index is -0.806. The number of carbonyl (C=O) groups is 1. The predicted octanol–water partition coefficient (Wildman–Crippen LogP) is 6.66. The van der Waals surface area contributed by atoms with E-state index in [1.807, 2.05) is 6.92 Å². The molecule has 158 valence electrons. The van der Waals surface area contributed by atoms with Crippen LogP contribution < -0.4 is 5.32 Å². The van der Waals surface area contributed by atoms with Gasteiger partial charge in [-0.2, -0.15) is 0 Å². The quantitative estimate of drug-likeness (QED) is 0.427. The Morgan fingerprint density at radius 3 is 1.90 bits per heavy atom. The largest absolute Gasteiger partial charge is 0.460 e. The third-order valence-corrected chi connectivity index (χ3v) is 5.11. The van der Waals surface area contributed by atoms with E-state index in [4.69, 9.17) is 4.74 Å². The fourth-order valence-corrected chi connectivity index (χ4v) is 3.63. The predicted molar refractivity (Wildman–Crippen MR) is 113 cm³/mol. The Kier molecular flexibility index (Phi) is 9.10. The summed E-state index contributed by atoms with van der Waals surface area (Å²) < 4.78 is 32.6. The van der Waals surface area contributed by atoms with Gasteiger partial charge in [0.05, 0.1) is 0 Å². The summed E-state index contributed by atoms with van der Waals surface area (Å²) in [6, 6.07) is 10.7. The molecule has 2 rings (SSSR count). The van der Waals surface area contributed by atoms with Crippen molar-refractivity contribution in [3.05, 3.63) is 65.7 Å². The highest BCUT2D eigenvalue weighted by Crippen LogP contribution is 2.27. The molecule has 0 aliphatic heterocycles. The van der Waals surface area contributed by atoms with Crippen LogP contribution in [-0.4, -0.2) is 12.1 Å². The number of esters is 1. The van der Waals surface area contributed by atoms with Crippen LogP contribution in [-0.2, 0) is 9.53 Å². The number of hydrogen-bond donors (Lipinski definition) is 1. The van der Waals surface area contributed by atoms with Crippen LogP contribution in [0.4, 0.5) is 14.5 Å². The molecule has 2 atom stereocenters. The Hall–Kier alpha value is -2.43. The first kappa shape index (κ1) is 22.9. The molecule has 0 amide bonds. The highest BCUT2D eigenvalue weighted by Gasteiger charge is 2.28. The number of rotatable bonds is 11. The first-order chi connectivity index (χ1) is 14.0. The SMILES string of the molecule is CCCC(CCC)[C@H](CC)OC(=O)C(Nc1ccc(F)cc1)c1ccc(F)cc1. The number of ether oxygens (including phenoxy) is 1. The molecule has 2 aromatic rings. The first-order valence-electron chi connectivity index (χ1n) is 10.5. The summed E-state index contributed by atoms with van der Waals surface area (Å²) in [5, 5.41) is 3.11. The molecule has 0 heterocycles. The zero-order chi connectivity index (χ0) is 21.2. The summed E-state index contributed by atoms with van der Waals surface area (Å²) in [6.45, 7) is 6.29. The number of hydrogen-bond acceptors (Lipinski definition) is 3. The van der Waals surface area contributed by atoms with E-state index in [0.717, 1.165) is 32.1 Å². The van der Waals surface area contributed by atoms with Crippen LogP contribution in [0.3, 0.4) is 0 Å². The first-order valence-corrected chi connectivity index (χ1v) is 10.5. The average Bonchev–Trinajstić information content (AvgIpc) is 2.72. The Labute approximate surface area is 172 Å². The lowest BCUT2D eigenvalue weighted by Crippen LogP contribution is -2.32. The van der Waals surface area contributed by atoms with Crippen molar-refractivity contribution in [3.63, 3.8) is 0 Å². The maximum Gasteiger partial charge on any atom is 0.333 e. The molecule has 0 radical (unpaired) electrons. The summed E-state index contributed by atoms with van der Waals surface area (Å²) in [5.74, 6) is -0.826. The van der Waals surface area contributed by atoms with Crippen molar-refractivity contribution in [2.45, 2.75) is 65.0 Å². The summed E-state index contributed by atoms with van der Waals surface area (Å²) >= 11 is 0. The molecule has 0 spiro atoms. The smallest absolute Gasteiger partial charge is 0.333 e. The number of benzene rings is 2. The van der Waals surface area contributed by atoms with Crippen molar-refractivity contribution in [2.24, 2.45) is 5.92 Å². The number of carbonyl (C=O) groups excluding carboxylic acids is 1. The van der Waals surface area contributed by atoms with Crippen molar-refractivity contribution in [1.82, 2.24) is 0 Å². The molecular formula is C24H31F2NO2. The van der Waals surface area contributed by atoms with Gasteiger partial charge in [0.2, 0.25) is 0 Å². The Bertz CT molecular complexity index is 740. The number of nitrogens with one attached hydrogen (secondary N) is 1. The van der Waals surface area contributed by atoms with Crippen molar-refractivity contribution in [2.75, 3.05) is 5.32 Å². The zero-order valence-corrected chi connectivity index (χ0v) is 17.5. The molecule has 5 heteroatoms. The van der Waals surface area contributed by atoms with E-state index in [1.165, 1.54) is 24.3 Å². The van der Waals surface area contributed by atoms with E-state index in [-0.39, 0.29) is 17.7 Å². The van der Waals surface area contributed by atoms with E-state index in [9.17, 15) is 13.6 Å². The molecule has 0 bridgehead atoms. The van der Waals surface area contributed by atoms with Crippen LogP contribution in [0, 0.1) is 17.6 Å². The Morgan fingerprint density at radius 1 is 0.897 bits per heavy atom.